The molecule has 2 heterocycles. The molecule has 0 saturated carbocycles. The maximum absolute atomic E-state index is 4.40. The minimum atomic E-state index is 0.286. The van der Waals surface area contributed by atoms with Crippen LogP contribution in [0, 0.1) is 0 Å². The Kier molecular flexibility index (Phi) is 5.13. The van der Waals surface area contributed by atoms with E-state index in [0.717, 1.165) is 22.6 Å². The number of rotatable bonds is 6. The molecule has 4 nitrogen and oxygen atoms in total. The van der Waals surface area contributed by atoms with Gasteiger partial charge in [0.2, 0.25) is 0 Å². The lowest BCUT2D eigenvalue weighted by Crippen LogP contribution is -2.24. The molecule has 0 aliphatic carbocycles. The van der Waals surface area contributed by atoms with Crippen LogP contribution in [0.15, 0.2) is 21.6 Å². The molecule has 1 N–H and O–H groups in total. The zero-order valence-electron chi connectivity index (χ0n) is 11.4. The maximum atomic E-state index is 4.40. The Labute approximate surface area is 126 Å². The predicted octanol–water partition coefficient (Wildman–Crippen LogP) is 3.58. The van der Waals surface area contributed by atoms with Crippen LogP contribution in [0.1, 0.15) is 44.2 Å². The van der Waals surface area contributed by atoms with Crippen LogP contribution < -0.4 is 5.32 Å². The molecule has 0 bridgehead atoms. The smallest absolute Gasteiger partial charge is 0.138 e. The van der Waals surface area contributed by atoms with Gasteiger partial charge in [0.1, 0.15) is 12.2 Å². The summed E-state index contributed by atoms with van der Waals surface area (Å²) in [7, 11) is 0. The van der Waals surface area contributed by atoms with E-state index < -0.39 is 0 Å². The van der Waals surface area contributed by atoms with Crippen LogP contribution in [-0.2, 0) is 6.42 Å². The van der Waals surface area contributed by atoms with Crippen LogP contribution in [0.4, 0.5) is 0 Å². The summed E-state index contributed by atoms with van der Waals surface area (Å²) in [6, 6.07) is 2.80. The molecule has 104 valence electrons. The van der Waals surface area contributed by atoms with Crippen molar-refractivity contribution in [2.75, 3.05) is 6.54 Å². The lowest BCUT2D eigenvalue weighted by atomic mass is 10.1. The van der Waals surface area contributed by atoms with Gasteiger partial charge in [-0.25, -0.2) is 9.67 Å². The third kappa shape index (κ3) is 3.64. The lowest BCUT2D eigenvalue weighted by Gasteiger charge is -2.18. The summed E-state index contributed by atoms with van der Waals surface area (Å²) in [6.07, 6.45) is 2.50. The second kappa shape index (κ2) is 6.63. The molecule has 0 aliphatic heterocycles. The van der Waals surface area contributed by atoms with E-state index in [2.05, 4.69) is 63.5 Å². The fraction of sp³-hybridized carbons (Fsp3) is 0.538. The van der Waals surface area contributed by atoms with Gasteiger partial charge < -0.3 is 5.32 Å². The van der Waals surface area contributed by atoms with E-state index in [1.54, 1.807) is 17.7 Å². The summed E-state index contributed by atoms with van der Waals surface area (Å²) in [5.41, 5.74) is 1.30. The van der Waals surface area contributed by atoms with Gasteiger partial charge in [0, 0.05) is 18.5 Å². The molecule has 0 radical (unpaired) electrons. The molecule has 0 amide bonds. The number of nitrogens with zero attached hydrogens (tertiary/aromatic N) is 3. The number of aromatic nitrogens is 3. The van der Waals surface area contributed by atoms with Crippen molar-refractivity contribution in [3.05, 3.63) is 32.9 Å². The number of halogens is 1. The first-order valence-electron chi connectivity index (χ1n) is 6.47. The van der Waals surface area contributed by atoms with E-state index >= 15 is 0 Å². The molecule has 2 aromatic rings. The van der Waals surface area contributed by atoms with Gasteiger partial charge >= 0.3 is 0 Å². The molecule has 1 atom stereocenters. The number of thiophene rings is 1. The predicted molar refractivity (Wildman–Crippen MR) is 82.5 cm³/mol. The van der Waals surface area contributed by atoms with Crippen molar-refractivity contribution < 1.29 is 0 Å². The van der Waals surface area contributed by atoms with E-state index in [1.807, 2.05) is 4.68 Å². The largest absolute Gasteiger partial charge is 0.310 e. The third-order valence-corrected chi connectivity index (χ3v) is 4.49. The first-order chi connectivity index (χ1) is 9.11. The zero-order chi connectivity index (χ0) is 13.8. The van der Waals surface area contributed by atoms with Crippen LogP contribution in [0.2, 0.25) is 0 Å². The number of nitrogens with one attached hydrogen (secondary N) is 1. The minimum absolute atomic E-state index is 0.286. The fourth-order valence-electron chi connectivity index (χ4n) is 2.09. The standard InChI is InChI=1S/C13H19BrN4S/c1-4-15-11(10-5-12(14)19-7-10)6-13-16-8-17-18(13)9(2)3/h5,7-9,11,15H,4,6H2,1-3H3. The van der Waals surface area contributed by atoms with E-state index in [1.165, 1.54) is 5.56 Å². The molecule has 6 heteroatoms. The quantitative estimate of drug-likeness (QED) is 0.872. The highest BCUT2D eigenvalue weighted by Crippen LogP contribution is 2.27. The van der Waals surface area contributed by atoms with Crippen LogP contribution >= 0.6 is 27.3 Å². The first-order valence-corrected chi connectivity index (χ1v) is 8.14. The van der Waals surface area contributed by atoms with Crippen molar-refractivity contribution in [3.63, 3.8) is 0 Å². The number of likely N-dealkylation sites (N-methyl/N-ethyl adjacent to an activating group) is 1. The Balaban J connectivity index is 2.19. The maximum Gasteiger partial charge on any atom is 0.138 e. The summed E-state index contributed by atoms with van der Waals surface area (Å²) in [4.78, 5) is 4.40. The summed E-state index contributed by atoms with van der Waals surface area (Å²) >= 11 is 5.24. The molecule has 1 unspecified atom stereocenters. The van der Waals surface area contributed by atoms with Crippen molar-refractivity contribution >= 4 is 27.3 Å². The average molecular weight is 343 g/mol. The second-order valence-corrected chi connectivity index (χ2v) is 7.00. The normalized spacial score (nSPS) is 13.1. The molecule has 19 heavy (non-hydrogen) atoms. The van der Waals surface area contributed by atoms with Crippen LogP contribution in [-0.4, -0.2) is 21.3 Å². The molecular weight excluding hydrogens is 324 g/mol. The van der Waals surface area contributed by atoms with Crippen molar-refractivity contribution in [2.24, 2.45) is 0 Å². The van der Waals surface area contributed by atoms with Gasteiger partial charge in [-0.3, -0.25) is 0 Å². The van der Waals surface area contributed by atoms with Gasteiger partial charge in [0.05, 0.1) is 3.79 Å². The fourth-order valence-corrected chi connectivity index (χ4v) is 3.32. The molecule has 0 aromatic carbocycles. The average Bonchev–Trinajstić information content (AvgIpc) is 2.97. The van der Waals surface area contributed by atoms with Crippen LogP contribution in [0.25, 0.3) is 0 Å². The van der Waals surface area contributed by atoms with Gasteiger partial charge in [-0.2, -0.15) is 5.10 Å². The van der Waals surface area contributed by atoms with E-state index in [4.69, 9.17) is 0 Å². The van der Waals surface area contributed by atoms with Crippen molar-refractivity contribution in [2.45, 2.75) is 39.3 Å². The van der Waals surface area contributed by atoms with E-state index in [0.29, 0.717) is 6.04 Å². The lowest BCUT2D eigenvalue weighted by molar-refractivity contribution is 0.469. The van der Waals surface area contributed by atoms with Crippen LogP contribution in [0.3, 0.4) is 0 Å². The van der Waals surface area contributed by atoms with Gasteiger partial charge in [-0.1, -0.05) is 6.92 Å². The highest BCUT2D eigenvalue weighted by Gasteiger charge is 2.17. The summed E-state index contributed by atoms with van der Waals surface area (Å²) in [6.45, 7) is 7.32. The Morgan fingerprint density at radius 2 is 2.26 bits per heavy atom. The van der Waals surface area contributed by atoms with Gasteiger partial charge in [-0.15, -0.1) is 11.3 Å². The Morgan fingerprint density at radius 1 is 1.47 bits per heavy atom. The highest BCUT2D eigenvalue weighted by atomic mass is 79.9. The van der Waals surface area contributed by atoms with Gasteiger partial charge in [-0.05, 0) is 53.3 Å². The highest BCUT2D eigenvalue weighted by molar-refractivity contribution is 9.11. The van der Waals surface area contributed by atoms with Crippen molar-refractivity contribution in [1.82, 2.24) is 20.1 Å². The minimum Gasteiger partial charge on any atom is -0.310 e. The second-order valence-electron chi connectivity index (χ2n) is 4.71. The third-order valence-electron chi connectivity index (χ3n) is 2.96. The SMILES string of the molecule is CCNC(Cc1ncnn1C(C)C)c1csc(Br)c1. The number of hydrogen-bond donors (Lipinski definition) is 1. The number of hydrogen-bond acceptors (Lipinski definition) is 4. The van der Waals surface area contributed by atoms with Gasteiger partial charge in [0.25, 0.3) is 0 Å². The molecule has 0 spiro atoms. The monoisotopic (exact) mass is 342 g/mol. The molecule has 2 aromatic heterocycles. The summed E-state index contributed by atoms with van der Waals surface area (Å²) < 4.78 is 3.15. The Morgan fingerprint density at radius 3 is 2.84 bits per heavy atom. The molecule has 0 saturated heterocycles. The summed E-state index contributed by atoms with van der Waals surface area (Å²) in [5, 5.41) is 10.0. The Bertz CT molecular complexity index is 520. The van der Waals surface area contributed by atoms with E-state index in [9.17, 15) is 0 Å². The van der Waals surface area contributed by atoms with Crippen molar-refractivity contribution in [3.8, 4) is 0 Å². The molecular formula is C13H19BrN4S. The van der Waals surface area contributed by atoms with Crippen LogP contribution in [0.5, 0.6) is 0 Å². The first kappa shape index (κ1) is 14.7. The van der Waals surface area contributed by atoms with Crippen molar-refractivity contribution in [1.29, 1.82) is 0 Å². The molecule has 2 rings (SSSR count). The van der Waals surface area contributed by atoms with E-state index in [-0.39, 0.29) is 6.04 Å². The topological polar surface area (TPSA) is 42.7 Å². The summed E-state index contributed by atoms with van der Waals surface area (Å²) in [5.74, 6) is 1.03. The van der Waals surface area contributed by atoms with Gasteiger partial charge in [0.15, 0.2) is 0 Å². The zero-order valence-corrected chi connectivity index (χ0v) is 13.8. The molecule has 0 fully saturated rings. The Hall–Kier alpha value is -0.720. The molecule has 0 aliphatic rings.